The van der Waals surface area contributed by atoms with E-state index in [1.807, 2.05) is 30.3 Å². The van der Waals surface area contributed by atoms with Crippen LogP contribution in [0.25, 0.3) is 0 Å². The van der Waals surface area contributed by atoms with E-state index in [4.69, 9.17) is 10.5 Å². The molecule has 3 amide bonds. The standard InChI is InChI=1S/C22H35N3O5/c1-14(2)19(20(23)28)25-18(27)12-11-17(26)16(13-15-9-7-6-8-10-15)24-21(29)30-22(3,4)5/h6-10,14,16-17,19,26H,11-13H2,1-5H3,(H2,23,28)(H,24,29)(H,25,27)/t16-,17-,19-/m0/s1. The molecule has 1 rings (SSSR count). The van der Waals surface area contributed by atoms with Gasteiger partial charge in [-0.05, 0) is 45.1 Å². The first-order chi connectivity index (χ1) is 13.9. The zero-order chi connectivity index (χ0) is 22.9. The third-order valence-corrected chi connectivity index (χ3v) is 4.42. The number of amides is 3. The topological polar surface area (TPSA) is 131 Å². The Balaban J connectivity index is 2.76. The fraction of sp³-hybridized carbons (Fsp3) is 0.591. The average molecular weight is 422 g/mol. The molecule has 1 aromatic carbocycles. The molecule has 0 fully saturated rings. The van der Waals surface area contributed by atoms with Gasteiger partial charge in [0, 0.05) is 6.42 Å². The highest BCUT2D eigenvalue weighted by molar-refractivity contribution is 5.86. The number of nitrogens with two attached hydrogens (primary N) is 1. The van der Waals surface area contributed by atoms with Crippen LogP contribution < -0.4 is 16.4 Å². The zero-order valence-electron chi connectivity index (χ0n) is 18.5. The molecule has 0 unspecified atom stereocenters. The number of nitrogens with one attached hydrogen (secondary N) is 2. The summed E-state index contributed by atoms with van der Waals surface area (Å²) < 4.78 is 5.30. The Labute approximate surface area is 178 Å². The molecule has 0 aromatic heterocycles. The second-order valence-corrected chi connectivity index (χ2v) is 8.74. The summed E-state index contributed by atoms with van der Waals surface area (Å²) >= 11 is 0. The van der Waals surface area contributed by atoms with Crippen molar-refractivity contribution < 1.29 is 24.2 Å². The van der Waals surface area contributed by atoms with E-state index in [2.05, 4.69) is 10.6 Å². The second-order valence-electron chi connectivity index (χ2n) is 8.74. The third-order valence-electron chi connectivity index (χ3n) is 4.42. The largest absolute Gasteiger partial charge is 0.444 e. The van der Waals surface area contributed by atoms with Gasteiger partial charge in [0.25, 0.3) is 0 Å². The second kappa shape index (κ2) is 11.5. The summed E-state index contributed by atoms with van der Waals surface area (Å²) in [6, 6.07) is 7.99. The van der Waals surface area contributed by atoms with Crippen molar-refractivity contribution in [3.05, 3.63) is 35.9 Å². The molecule has 1 aromatic rings. The third kappa shape index (κ3) is 9.73. The van der Waals surface area contributed by atoms with Crippen molar-refractivity contribution in [1.82, 2.24) is 10.6 Å². The number of carbonyl (C=O) groups is 3. The molecule has 0 spiro atoms. The van der Waals surface area contributed by atoms with Gasteiger partial charge in [0.1, 0.15) is 11.6 Å². The monoisotopic (exact) mass is 421 g/mol. The number of aliphatic hydroxyl groups is 1. The summed E-state index contributed by atoms with van der Waals surface area (Å²) in [5.41, 5.74) is 5.57. The molecule has 8 heteroatoms. The molecule has 0 radical (unpaired) electrons. The number of hydrogen-bond donors (Lipinski definition) is 4. The van der Waals surface area contributed by atoms with Crippen LogP contribution in [0.1, 0.15) is 53.0 Å². The summed E-state index contributed by atoms with van der Waals surface area (Å²) in [4.78, 5) is 35.9. The van der Waals surface area contributed by atoms with Crippen molar-refractivity contribution in [3.63, 3.8) is 0 Å². The minimum atomic E-state index is -0.991. The molecular formula is C22H35N3O5. The van der Waals surface area contributed by atoms with Crippen LogP contribution in [0, 0.1) is 5.92 Å². The number of benzene rings is 1. The van der Waals surface area contributed by atoms with Crippen molar-refractivity contribution in [2.24, 2.45) is 11.7 Å². The van der Waals surface area contributed by atoms with Gasteiger partial charge in [-0.25, -0.2) is 4.79 Å². The number of ether oxygens (including phenoxy) is 1. The highest BCUT2D eigenvalue weighted by atomic mass is 16.6. The van der Waals surface area contributed by atoms with Crippen molar-refractivity contribution in [3.8, 4) is 0 Å². The first-order valence-corrected chi connectivity index (χ1v) is 10.2. The van der Waals surface area contributed by atoms with Crippen LogP contribution in [0.4, 0.5) is 4.79 Å². The van der Waals surface area contributed by atoms with E-state index in [1.165, 1.54) is 0 Å². The van der Waals surface area contributed by atoms with Crippen LogP contribution >= 0.6 is 0 Å². The number of alkyl carbamates (subject to hydrolysis) is 1. The van der Waals surface area contributed by atoms with Crippen LogP contribution in [-0.4, -0.2) is 46.8 Å². The lowest BCUT2D eigenvalue weighted by Crippen LogP contribution is -2.49. The highest BCUT2D eigenvalue weighted by Gasteiger charge is 2.27. The molecule has 0 heterocycles. The van der Waals surface area contributed by atoms with Gasteiger partial charge < -0.3 is 26.2 Å². The first-order valence-electron chi connectivity index (χ1n) is 10.2. The number of rotatable bonds is 10. The number of carbonyl (C=O) groups excluding carboxylic acids is 3. The lowest BCUT2D eigenvalue weighted by molar-refractivity contribution is -0.128. The Morgan fingerprint density at radius 1 is 1.10 bits per heavy atom. The van der Waals surface area contributed by atoms with Gasteiger partial charge in [0.05, 0.1) is 12.1 Å². The van der Waals surface area contributed by atoms with Crippen molar-refractivity contribution in [1.29, 1.82) is 0 Å². The molecule has 5 N–H and O–H groups in total. The lowest BCUT2D eigenvalue weighted by Gasteiger charge is -2.27. The van der Waals surface area contributed by atoms with Gasteiger partial charge in [-0.2, -0.15) is 0 Å². The maximum absolute atomic E-state index is 12.2. The van der Waals surface area contributed by atoms with Gasteiger partial charge in [0.2, 0.25) is 11.8 Å². The summed E-state index contributed by atoms with van der Waals surface area (Å²) in [6.07, 6.45) is -1.17. The van der Waals surface area contributed by atoms with Crippen LogP contribution in [0.5, 0.6) is 0 Å². The van der Waals surface area contributed by atoms with Gasteiger partial charge in [-0.15, -0.1) is 0 Å². The molecule has 0 bridgehead atoms. The van der Waals surface area contributed by atoms with E-state index < -0.39 is 35.8 Å². The van der Waals surface area contributed by atoms with Crippen LogP contribution in [0.2, 0.25) is 0 Å². The minimum absolute atomic E-state index is 0.0149. The van der Waals surface area contributed by atoms with E-state index >= 15 is 0 Å². The molecule has 8 nitrogen and oxygen atoms in total. The maximum atomic E-state index is 12.2. The Morgan fingerprint density at radius 2 is 1.70 bits per heavy atom. The minimum Gasteiger partial charge on any atom is -0.444 e. The molecule has 0 saturated carbocycles. The van der Waals surface area contributed by atoms with Crippen LogP contribution in [0.3, 0.4) is 0 Å². The molecule has 0 aliphatic carbocycles. The quantitative estimate of drug-likeness (QED) is 0.458. The van der Waals surface area contributed by atoms with Gasteiger partial charge >= 0.3 is 6.09 Å². The van der Waals surface area contributed by atoms with Gasteiger partial charge in [-0.3, -0.25) is 9.59 Å². The summed E-state index contributed by atoms with van der Waals surface area (Å²) in [5, 5.41) is 16.0. The average Bonchev–Trinajstić information content (AvgIpc) is 2.62. The fourth-order valence-corrected chi connectivity index (χ4v) is 2.90. The zero-order valence-corrected chi connectivity index (χ0v) is 18.5. The number of hydrogen-bond acceptors (Lipinski definition) is 5. The predicted octanol–water partition coefficient (Wildman–Crippen LogP) is 1.89. The smallest absolute Gasteiger partial charge is 0.407 e. The summed E-state index contributed by atoms with van der Waals surface area (Å²) in [6.45, 7) is 8.83. The van der Waals surface area contributed by atoms with Crippen molar-refractivity contribution in [2.75, 3.05) is 0 Å². The fourth-order valence-electron chi connectivity index (χ4n) is 2.90. The Kier molecular flexibility index (Phi) is 9.78. The molecule has 30 heavy (non-hydrogen) atoms. The van der Waals surface area contributed by atoms with E-state index in [0.29, 0.717) is 6.42 Å². The van der Waals surface area contributed by atoms with Gasteiger partial charge in [0.15, 0.2) is 0 Å². The predicted molar refractivity (Wildman–Crippen MR) is 115 cm³/mol. The van der Waals surface area contributed by atoms with E-state index in [-0.39, 0.29) is 24.7 Å². The van der Waals surface area contributed by atoms with Gasteiger partial charge in [-0.1, -0.05) is 44.2 Å². The maximum Gasteiger partial charge on any atom is 0.407 e. The Morgan fingerprint density at radius 3 is 2.20 bits per heavy atom. The molecule has 0 aliphatic heterocycles. The first kappa shape index (κ1) is 25.4. The SMILES string of the molecule is CC(C)[C@H](NC(=O)CC[C@H](O)[C@H](Cc1ccccc1)NC(=O)OC(C)(C)C)C(N)=O. The van der Waals surface area contributed by atoms with E-state index in [1.54, 1.807) is 34.6 Å². The Hall–Kier alpha value is -2.61. The number of aliphatic hydroxyl groups excluding tert-OH is 1. The van der Waals surface area contributed by atoms with E-state index in [0.717, 1.165) is 5.56 Å². The Bertz CT molecular complexity index is 700. The molecule has 3 atom stereocenters. The molecule has 168 valence electrons. The molecule has 0 saturated heterocycles. The van der Waals surface area contributed by atoms with Crippen molar-refractivity contribution in [2.45, 2.75) is 77.7 Å². The normalized spacial score (nSPS) is 14.5. The highest BCUT2D eigenvalue weighted by Crippen LogP contribution is 2.13. The summed E-state index contributed by atoms with van der Waals surface area (Å²) in [7, 11) is 0. The van der Waals surface area contributed by atoms with Crippen LogP contribution in [0.15, 0.2) is 30.3 Å². The molecular weight excluding hydrogens is 386 g/mol. The lowest BCUT2D eigenvalue weighted by atomic mass is 9.97. The molecule has 0 aliphatic rings. The van der Waals surface area contributed by atoms with Crippen molar-refractivity contribution >= 4 is 17.9 Å². The van der Waals surface area contributed by atoms with E-state index in [9.17, 15) is 19.5 Å². The number of primary amides is 1. The summed E-state index contributed by atoms with van der Waals surface area (Å²) in [5.74, 6) is -1.13. The van der Waals surface area contributed by atoms with Crippen LogP contribution in [-0.2, 0) is 20.7 Å².